The molecule has 0 saturated carbocycles. The van der Waals surface area contributed by atoms with Crippen LogP contribution < -0.4 is 10.2 Å². The second kappa shape index (κ2) is 5.88. The molecular formula is C17H24N2O2. The molecule has 1 aliphatic rings. The minimum absolute atomic E-state index is 0.000231. The minimum Gasteiger partial charge on any atom is -0.326 e. The summed E-state index contributed by atoms with van der Waals surface area (Å²) < 4.78 is 0. The maximum absolute atomic E-state index is 12.0. The number of nitrogens with zero attached hydrogens (tertiary/aromatic N) is 1. The molecular weight excluding hydrogens is 264 g/mol. The van der Waals surface area contributed by atoms with Crippen molar-refractivity contribution in [3.63, 3.8) is 0 Å². The summed E-state index contributed by atoms with van der Waals surface area (Å²) in [5, 5.41) is 2.95. The van der Waals surface area contributed by atoms with Crippen molar-refractivity contribution in [1.82, 2.24) is 0 Å². The molecule has 0 bridgehead atoms. The number of carbonyl (C=O) groups excluding carboxylic acids is 2. The Morgan fingerprint density at radius 2 is 2.00 bits per heavy atom. The van der Waals surface area contributed by atoms with Gasteiger partial charge in [0.15, 0.2) is 0 Å². The van der Waals surface area contributed by atoms with Gasteiger partial charge in [0, 0.05) is 29.8 Å². The van der Waals surface area contributed by atoms with Crippen LogP contribution in [0.4, 0.5) is 11.4 Å². The largest absolute Gasteiger partial charge is 0.326 e. The molecule has 0 spiro atoms. The third-order valence-corrected chi connectivity index (χ3v) is 3.67. The van der Waals surface area contributed by atoms with Crippen LogP contribution >= 0.6 is 0 Å². The zero-order chi connectivity index (χ0) is 15.6. The molecule has 21 heavy (non-hydrogen) atoms. The van der Waals surface area contributed by atoms with Crippen LogP contribution in [-0.4, -0.2) is 18.4 Å². The highest BCUT2D eigenvalue weighted by Gasteiger charge is 2.25. The zero-order valence-corrected chi connectivity index (χ0v) is 13.3. The maximum Gasteiger partial charge on any atom is 0.229 e. The van der Waals surface area contributed by atoms with E-state index in [-0.39, 0.29) is 11.8 Å². The van der Waals surface area contributed by atoms with Gasteiger partial charge in [-0.2, -0.15) is 0 Å². The quantitative estimate of drug-likeness (QED) is 0.927. The summed E-state index contributed by atoms with van der Waals surface area (Å²) >= 11 is 0. The van der Waals surface area contributed by atoms with Gasteiger partial charge < -0.3 is 10.2 Å². The standard InChI is InChI=1S/C17H24N2O2/c1-5-10-19-14-8-7-13(18-16(21)17(2,3)4)11-12(14)6-9-15(19)20/h7-8,11H,5-6,9-10H2,1-4H3,(H,18,21). The lowest BCUT2D eigenvalue weighted by Gasteiger charge is -2.29. The molecule has 1 aromatic rings. The molecule has 0 fully saturated rings. The zero-order valence-electron chi connectivity index (χ0n) is 13.3. The number of anilines is 2. The van der Waals surface area contributed by atoms with Crippen molar-refractivity contribution in [3.8, 4) is 0 Å². The predicted octanol–water partition coefficient (Wildman–Crippen LogP) is 3.36. The molecule has 4 nitrogen and oxygen atoms in total. The van der Waals surface area contributed by atoms with Crippen LogP contribution in [0.3, 0.4) is 0 Å². The first-order chi connectivity index (χ1) is 9.82. The summed E-state index contributed by atoms with van der Waals surface area (Å²) in [6.07, 6.45) is 2.23. The fourth-order valence-corrected chi connectivity index (χ4v) is 2.43. The number of benzene rings is 1. The van der Waals surface area contributed by atoms with Crippen molar-refractivity contribution in [2.75, 3.05) is 16.8 Å². The second-order valence-corrected chi connectivity index (χ2v) is 6.59. The normalized spacial score (nSPS) is 14.9. The third kappa shape index (κ3) is 3.43. The molecule has 2 rings (SSSR count). The summed E-state index contributed by atoms with van der Waals surface area (Å²) in [5.41, 5.74) is 2.51. The van der Waals surface area contributed by atoms with Crippen LogP contribution in [0.5, 0.6) is 0 Å². The summed E-state index contributed by atoms with van der Waals surface area (Å²) in [5.74, 6) is 0.190. The monoisotopic (exact) mass is 288 g/mol. The topological polar surface area (TPSA) is 49.4 Å². The highest BCUT2D eigenvalue weighted by Crippen LogP contribution is 2.31. The maximum atomic E-state index is 12.0. The van der Waals surface area contributed by atoms with Crippen LogP contribution in [0.2, 0.25) is 0 Å². The van der Waals surface area contributed by atoms with Crippen molar-refractivity contribution in [2.45, 2.75) is 47.0 Å². The van der Waals surface area contributed by atoms with Gasteiger partial charge in [-0.05, 0) is 36.6 Å². The number of carbonyl (C=O) groups is 2. The van der Waals surface area contributed by atoms with E-state index >= 15 is 0 Å². The molecule has 0 aliphatic carbocycles. The van der Waals surface area contributed by atoms with Gasteiger partial charge in [-0.3, -0.25) is 9.59 Å². The molecule has 2 amide bonds. The number of rotatable bonds is 3. The van der Waals surface area contributed by atoms with Crippen LogP contribution in [0.1, 0.15) is 46.1 Å². The Bertz CT molecular complexity index is 558. The molecule has 0 atom stereocenters. The number of hydrogen-bond acceptors (Lipinski definition) is 2. The molecule has 1 heterocycles. The van der Waals surface area contributed by atoms with E-state index in [2.05, 4.69) is 12.2 Å². The number of hydrogen-bond donors (Lipinski definition) is 1. The number of amides is 2. The highest BCUT2D eigenvalue weighted by molar-refractivity contribution is 5.98. The first kappa shape index (κ1) is 15.5. The van der Waals surface area contributed by atoms with Crippen molar-refractivity contribution < 1.29 is 9.59 Å². The van der Waals surface area contributed by atoms with Crippen LogP contribution in [0, 0.1) is 5.41 Å². The van der Waals surface area contributed by atoms with E-state index < -0.39 is 5.41 Å². The molecule has 0 unspecified atom stereocenters. The fourth-order valence-electron chi connectivity index (χ4n) is 2.43. The van der Waals surface area contributed by atoms with E-state index in [1.165, 1.54) is 0 Å². The van der Waals surface area contributed by atoms with E-state index in [0.717, 1.165) is 36.3 Å². The Balaban J connectivity index is 2.24. The Morgan fingerprint density at radius 3 is 2.62 bits per heavy atom. The van der Waals surface area contributed by atoms with Crippen molar-refractivity contribution in [2.24, 2.45) is 5.41 Å². The first-order valence-electron chi connectivity index (χ1n) is 7.57. The Kier molecular flexibility index (Phi) is 4.35. The lowest BCUT2D eigenvalue weighted by molar-refractivity contribution is -0.123. The van der Waals surface area contributed by atoms with Gasteiger partial charge in [-0.1, -0.05) is 27.7 Å². The number of aryl methyl sites for hydroxylation is 1. The van der Waals surface area contributed by atoms with Crippen LogP contribution in [0.25, 0.3) is 0 Å². The smallest absolute Gasteiger partial charge is 0.229 e. The second-order valence-electron chi connectivity index (χ2n) is 6.59. The molecule has 1 aliphatic heterocycles. The van der Waals surface area contributed by atoms with Crippen molar-refractivity contribution in [1.29, 1.82) is 0 Å². The molecule has 0 saturated heterocycles. The first-order valence-corrected chi connectivity index (χ1v) is 7.57. The van der Waals surface area contributed by atoms with E-state index in [1.54, 1.807) is 0 Å². The van der Waals surface area contributed by atoms with E-state index in [1.807, 2.05) is 43.9 Å². The van der Waals surface area contributed by atoms with Crippen LogP contribution in [0.15, 0.2) is 18.2 Å². The summed E-state index contributed by atoms with van der Waals surface area (Å²) in [6.45, 7) is 8.49. The predicted molar refractivity (Wildman–Crippen MR) is 85.5 cm³/mol. The van der Waals surface area contributed by atoms with E-state index in [4.69, 9.17) is 0 Å². The molecule has 1 aromatic carbocycles. The Morgan fingerprint density at radius 1 is 1.29 bits per heavy atom. The van der Waals surface area contributed by atoms with Gasteiger partial charge in [-0.25, -0.2) is 0 Å². The van der Waals surface area contributed by atoms with Crippen molar-refractivity contribution >= 4 is 23.2 Å². The van der Waals surface area contributed by atoms with Crippen LogP contribution in [-0.2, 0) is 16.0 Å². The summed E-state index contributed by atoms with van der Waals surface area (Å²) in [7, 11) is 0. The molecule has 114 valence electrons. The van der Waals surface area contributed by atoms with Gasteiger partial charge in [0.2, 0.25) is 11.8 Å². The van der Waals surface area contributed by atoms with Gasteiger partial charge >= 0.3 is 0 Å². The Labute approximate surface area is 126 Å². The molecule has 4 heteroatoms. The fraction of sp³-hybridized carbons (Fsp3) is 0.529. The average Bonchev–Trinajstić information content (AvgIpc) is 2.41. The molecule has 0 radical (unpaired) electrons. The summed E-state index contributed by atoms with van der Waals surface area (Å²) in [6, 6.07) is 5.82. The minimum atomic E-state index is -0.417. The molecule has 1 N–H and O–H groups in total. The lowest BCUT2D eigenvalue weighted by Crippen LogP contribution is -2.35. The van der Waals surface area contributed by atoms with Gasteiger partial charge in [-0.15, -0.1) is 0 Å². The Hall–Kier alpha value is -1.84. The van der Waals surface area contributed by atoms with Gasteiger partial charge in [0.05, 0.1) is 0 Å². The van der Waals surface area contributed by atoms with E-state index in [9.17, 15) is 9.59 Å². The van der Waals surface area contributed by atoms with Crippen molar-refractivity contribution in [3.05, 3.63) is 23.8 Å². The molecule has 0 aromatic heterocycles. The number of nitrogens with one attached hydrogen (secondary N) is 1. The lowest BCUT2D eigenvalue weighted by atomic mass is 9.95. The average molecular weight is 288 g/mol. The SMILES string of the molecule is CCCN1C(=O)CCc2cc(NC(=O)C(C)(C)C)ccc21. The van der Waals surface area contributed by atoms with Gasteiger partial charge in [0.25, 0.3) is 0 Å². The van der Waals surface area contributed by atoms with Gasteiger partial charge in [0.1, 0.15) is 0 Å². The highest BCUT2D eigenvalue weighted by atomic mass is 16.2. The third-order valence-electron chi connectivity index (χ3n) is 3.67. The number of fused-ring (bicyclic) bond motifs is 1. The summed E-state index contributed by atoms with van der Waals surface area (Å²) in [4.78, 5) is 25.9. The van der Waals surface area contributed by atoms with E-state index in [0.29, 0.717) is 6.42 Å².